The van der Waals surface area contributed by atoms with Gasteiger partial charge in [0, 0.05) is 51.2 Å². The summed E-state index contributed by atoms with van der Waals surface area (Å²) >= 11 is 12.2. The average Bonchev–Trinajstić information content (AvgIpc) is 2.64. The van der Waals surface area contributed by atoms with E-state index in [1.165, 1.54) is 26.4 Å². The number of hydrogen-bond acceptors (Lipinski definition) is 5. The Labute approximate surface area is 169 Å². The molecule has 0 spiro atoms. The molecule has 0 unspecified atom stereocenters. The van der Waals surface area contributed by atoms with Gasteiger partial charge in [-0.15, -0.1) is 0 Å². The first-order valence-electron chi connectivity index (χ1n) is 8.52. The molecule has 0 aliphatic carbocycles. The molecule has 1 saturated heterocycles. The summed E-state index contributed by atoms with van der Waals surface area (Å²) in [6.07, 6.45) is 3.10. The standard InChI is InChI=1S/C18H21Cl2N3O3S/c1-22(2)27(24,25)16-11-17(20)18(21-12-16)23-9-7-15(8-10-23)26-14-5-3-13(19)4-6-14/h3-6,11-12,15H,7-10H2,1-2H3. The molecule has 0 saturated carbocycles. The van der Waals surface area contributed by atoms with Gasteiger partial charge in [0.15, 0.2) is 0 Å². The molecule has 0 amide bonds. The van der Waals surface area contributed by atoms with Gasteiger partial charge in [0.25, 0.3) is 0 Å². The highest BCUT2D eigenvalue weighted by molar-refractivity contribution is 7.89. The highest BCUT2D eigenvalue weighted by atomic mass is 35.5. The summed E-state index contributed by atoms with van der Waals surface area (Å²) in [6.45, 7) is 1.45. The van der Waals surface area contributed by atoms with Crippen molar-refractivity contribution in [2.75, 3.05) is 32.1 Å². The number of benzene rings is 1. The fourth-order valence-electron chi connectivity index (χ4n) is 2.89. The molecule has 1 aliphatic rings. The topological polar surface area (TPSA) is 62.7 Å². The van der Waals surface area contributed by atoms with Crippen LogP contribution in [0, 0.1) is 0 Å². The molecule has 27 heavy (non-hydrogen) atoms. The zero-order valence-electron chi connectivity index (χ0n) is 15.1. The number of ether oxygens (including phenoxy) is 1. The molecule has 1 fully saturated rings. The number of anilines is 1. The summed E-state index contributed by atoms with van der Waals surface area (Å²) in [4.78, 5) is 6.44. The van der Waals surface area contributed by atoms with Gasteiger partial charge in [-0.3, -0.25) is 0 Å². The average molecular weight is 430 g/mol. The number of rotatable bonds is 5. The minimum Gasteiger partial charge on any atom is -0.490 e. The van der Waals surface area contributed by atoms with Crippen LogP contribution in [0.4, 0.5) is 5.82 Å². The van der Waals surface area contributed by atoms with Crippen LogP contribution in [0.3, 0.4) is 0 Å². The van der Waals surface area contributed by atoms with E-state index in [1.807, 2.05) is 12.1 Å². The van der Waals surface area contributed by atoms with Crippen LogP contribution < -0.4 is 9.64 Å². The second-order valence-corrected chi connectivity index (χ2v) is 9.52. The van der Waals surface area contributed by atoms with Crippen LogP contribution >= 0.6 is 23.2 Å². The van der Waals surface area contributed by atoms with Crippen molar-refractivity contribution in [3.63, 3.8) is 0 Å². The summed E-state index contributed by atoms with van der Waals surface area (Å²) in [5.74, 6) is 1.39. The van der Waals surface area contributed by atoms with Crippen molar-refractivity contribution >= 4 is 39.0 Å². The van der Waals surface area contributed by atoms with E-state index in [0.29, 0.717) is 15.9 Å². The van der Waals surface area contributed by atoms with Gasteiger partial charge >= 0.3 is 0 Å². The molecule has 0 radical (unpaired) electrons. The van der Waals surface area contributed by atoms with Crippen molar-refractivity contribution in [1.82, 2.24) is 9.29 Å². The molecule has 2 aromatic rings. The molecule has 3 rings (SSSR count). The molecule has 6 nitrogen and oxygen atoms in total. The highest BCUT2D eigenvalue weighted by Gasteiger charge is 2.25. The van der Waals surface area contributed by atoms with Crippen molar-refractivity contribution in [1.29, 1.82) is 0 Å². The minimum absolute atomic E-state index is 0.0854. The number of hydrogen-bond donors (Lipinski definition) is 0. The summed E-state index contributed by atoms with van der Waals surface area (Å²) in [6, 6.07) is 8.78. The minimum atomic E-state index is -3.55. The lowest BCUT2D eigenvalue weighted by Gasteiger charge is -2.33. The molecule has 0 bridgehead atoms. The van der Waals surface area contributed by atoms with E-state index >= 15 is 0 Å². The van der Waals surface area contributed by atoms with Crippen LogP contribution in [0.2, 0.25) is 10.0 Å². The van der Waals surface area contributed by atoms with Crippen LogP contribution in [-0.2, 0) is 10.0 Å². The summed E-state index contributed by atoms with van der Waals surface area (Å²) in [5, 5.41) is 1.01. The molecule has 0 atom stereocenters. The third kappa shape index (κ3) is 4.66. The van der Waals surface area contributed by atoms with Crippen LogP contribution in [0.5, 0.6) is 5.75 Å². The maximum absolute atomic E-state index is 12.2. The predicted molar refractivity (Wildman–Crippen MR) is 107 cm³/mol. The lowest BCUT2D eigenvalue weighted by atomic mass is 10.1. The van der Waals surface area contributed by atoms with E-state index in [4.69, 9.17) is 27.9 Å². The Bertz CT molecular complexity index is 897. The van der Waals surface area contributed by atoms with E-state index in [-0.39, 0.29) is 11.0 Å². The van der Waals surface area contributed by atoms with Gasteiger partial charge in [-0.1, -0.05) is 23.2 Å². The Kier molecular flexibility index (Phi) is 6.15. The lowest BCUT2D eigenvalue weighted by Crippen LogP contribution is -2.38. The third-order valence-electron chi connectivity index (χ3n) is 4.43. The number of piperidine rings is 1. The van der Waals surface area contributed by atoms with Gasteiger partial charge < -0.3 is 9.64 Å². The maximum atomic E-state index is 12.2. The quantitative estimate of drug-likeness (QED) is 0.724. The van der Waals surface area contributed by atoms with E-state index in [9.17, 15) is 8.42 Å². The normalized spacial score (nSPS) is 16.0. The van der Waals surface area contributed by atoms with E-state index in [0.717, 1.165) is 36.0 Å². The van der Waals surface area contributed by atoms with Crippen molar-refractivity contribution < 1.29 is 13.2 Å². The Hall–Kier alpha value is -1.54. The zero-order valence-corrected chi connectivity index (χ0v) is 17.4. The summed E-state index contributed by atoms with van der Waals surface area (Å²) < 4.78 is 31.5. The Morgan fingerprint density at radius 3 is 2.33 bits per heavy atom. The predicted octanol–water partition coefficient (Wildman–Crippen LogP) is 3.69. The molecular formula is C18H21Cl2N3O3S. The zero-order chi connectivity index (χ0) is 19.6. The third-order valence-corrected chi connectivity index (χ3v) is 6.74. The molecule has 146 valence electrons. The summed E-state index contributed by atoms with van der Waals surface area (Å²) in [5.41, 5.74) is 0. The molecule has 0 N–H and O–H groups in total. The van der Waals surface area contributed by atoms with Crippen LogP contribution in [-0.4, -0.2) is 51.0 Å². The van der Waals surface area contributed by atoms with E-state index in [1.54, 1.807) is 12.1 Å². The molecule has 2 heterocycles. The number of aromatic nitrogens is 1. The Morgan fingerprint density at radius 2 is 1.78 bits per heavy atom. The second kappa shape index (κ2) is 8.22. The summed E-state index contributed by atoms with van der Waals surface area (Å²) in [7, 11) is -0.605. The van der Waals surface area contributed by atoms with Crippen LogP contribution in [0.15, 0.2) is 41.4 Å². The molecular weight excluding hydrogens is 409 g/mol. The Balaban J connectivity index is 1.65. The number of nitrogens with zero attached hydrogens (tertiary/aromatic N) is 3. The van der Waals surface area contributed by atoms with Gasteiger partial charge in [0.2, 0.25) is 10.0 Å². The van der Waals surface area contributed by atoms with E-state index < -0.39 is 10.0 Å². The molecule has 1 aliphatic heterocycles. The van der Waals surface area contributed by atoms with Crippen molar-refractivity contribution in [3.05, 3.63) is 46.6 Å². The monoisotopic (exact) mass is 429 g/mol. The largest absolute Gasteiger partial charge is 0.490 e. The first-order valence-corrected chi connectivity index (χ1v) is 10.7. The first-order chi connectivity index (χ1) is 12.8. The van der Waals surface area contributed by atoms with Crippen molar-refractivity contribution in [2.24, 2.45) is 0 Å². The number of sulfonamides is 1. The van der Waals surface area contributed by atoms with Gasteiger partial charge in [-0.05, 0) is 30.3 Å². The van der Waals surface area contributed by atoms with Crippen molar-refractivity contribution in [3.8, 4) is 5.75 Å². The van der Waals surface area contributed by atoms with Gasteiger partial charge in [0.1, 0.15) is 22.6 Å². The molecule has 1 aromatic heterocycles. The highest BCUT2D eigenvalue weighted by Crippen LogP contribution is 2.30. The number of pyridine rings is 1. The molecule has 9 heteroatoms. The smallest absolute Gasteiger partial charge is 0.244 e. The van der Waals surface area contributed by atoms with Gasteiger partial charge in [-0.25, -0.2) is 17.7 Å². The number of halogens is 2. The second-order valence-electron chi connectivity index (χ2n) is 6.52. The van der Waals surface area contributed by atoms with Crippen LogP contribution in [0.1, 0.15) is 12.8 Å². The first kappa shape index (κ1) is 20.2. The maximum Gasteiger partial charge on any atom is 0.244 e. The SMILES string of the molecule is CN(C)S(=O)(=O)c1cnc(N2CCC(Oc3ccc(Cl)cc3)CC2)c(Cl)c1. The fourth-order valence-corrected chi connectivity index (χ4v) is 4.24. The Morgan fingerprint density at radius 1 is 1.15 bits per heavy atom. The van der Waals surface area contributed by atoms with Crippen molar-refractivity contribution in [2.45, 2.75) is 23.8 Å². The van der Waals surface area contributed by atoms with E-state index in [2.05, 4.69) is 9.88 Å². The van der Waals surface area contributed by atoms with Gasteiger partial charge in [0.05, 0.1) is 5.02 Å². The fraction of sp³-hybridized carbons (Fsp3) is 0.389. The van der Waals surface area contributed by atoms with Gasteiger partial charge in [-0.2, -0.15) is 0 Å². The molecule has 1 aromatic carbocycles. The van der Waals surface area contributed by atoms with Crippen LogP contribution in [0.25, 0.3) is 0 Å². The lowest BCUT2D eigenvalue weighted by molar-refractivity contribution is 0.170.